The number of alkyl halides is 6. The summed E-state index contributed by atoms with van der Waals surface area (Å²) in [5.41, 5.74) is -1.94. The van der Waals surface area contributed by atoms with Gasteiger partial charge in [0.05, 0.1) is 11.1 Å². The summed E-state index contributed by atoms with van der Waals surface area (Å²) in [6, 6.07) is 9.68. The van der Waals surface area contributed by atoms with E-state index in [4.69, 9.17) is 0 Å². The molecule has 1 aliphatic rings. The number of rotatable bonds is 2. The molecule has 0 aliphatic carbocycles. The maximum absolute atomic E-state index is 13.3. The minimum Gasteiger partial charge on any atom is -0.298 e. The van der Waals surface area contributed by atoms with Gasteiger partial charge in [-0.05, 0) is 42.5 Å². The molecule has 0 saturated carbocycles. The van der Waals surface area contributed by atoms with Gasteiger partial charge in [-0.15, -0.1) is 0 Å². The number of Topliss-reactive ketones (excluding diaryl/α,β-unsaturated/α-hetero) is 1. The Morgan fingerprint density at radius 3 is 1.47 bits per heavy atom. The molecule has 30 heavy (non-hydrogen) atoms. The van der Waals surface area contributed by atoms with E-state index < -0.39 is 29.3 Å². The van der Waals surface area contributed by atoms with E-state index in [0.717, 1.165) is 24.3 Å². The lowest BCUT2D eigenvalue weighted by molar-refractivity contribution is -0.138. The maximum atomic E-state index is 13.3. The predicted octanol–water partition coefficient (Wildman–Crippen LogP) is 5.71. The fourth-order valence-electron chi connectivity index (χ4n) is 3.35. The molecule has 2 aromatic carbocycles. The first kappa shape index (κ1) is 21.8. The van der Waals surface area contributed by atoms with Gasteiger partial charge in [-0.25, -0.2) is 0 Å². The van der Waals surface area contributed by atoms with Crippen molar-refractivity contribution in [2.75, 3.05) is 20.1 Å². The van der Waals surface area contributed by atoms with Crippen LogP contribution in [0.25, 0.3) is 12.2 Å². The molecular weight excluding hydrogens is 408 g/mol. The smallest absolute Gasteiger partial charge is 0.298 e. The number of benzene rings is 2. The topological polar surface area (TPSA) is 20.3 Å². The van der Waals surface area contributed by atoms with Crippen molar-refractivity contribution in [3.05, 3.63) is 81.9 Å². The highest BCUT2D eigenvalue weighted by Gasteiger charge is 2.34. The first-order valence-electron chi connectivity index (χ1n) is 8.93. The van der Waals surface area contributed by atoms with Crippen molar-refractivity contribution in [1.29, 1.82) is 0 Å². The summed E-state index contributed by atoms with van der Waals surface area (Å²) in [6.07, 6.45) is -6.88. The third kappa shape index (κ3) is 4.81. The van der Waals surface area contributed by atoms with Crippen LogP contribution in [-0.4, -0.2) is 30.8 Å². The van der Waals surface area contributed by atoms with Gasteiger partial charge in [0, 0.05) is 24.2 Å². The van der Waals surface area contributed by atoms with Gasteiger partial charge in [0.2, 0.25) is 0 Å². The molecule has 0 unspecified atom stereocenters. The number of halogens is 6. The van der Waals surface area contributed by atoms with E-state index in [9.17, 15) is 31.1 Å². The molecule has 158 valence electrons. The molecule has 0 aromatic heterocycles. The van der Waals surface area contributed by atoms with E-state index in [-0.39, 0.29) is 35.4 Å². The molecule has 3 rings (SSSR count). The molecule has 1 aliphatic heterocycles. The lowest BCUT2D eigenvalue weighted by Gasteiger charge is -2.26. The molecule has 0 atom stereocenters. The van der Waals surface area contributed by atoms with Gasteiger partial charge >= 0.3 is 12.4 Å². The van der Waals surface area contributed by atoms with Crippen LogP contribution in [0.15, 0.2) is 59.7 Å². The van der Waals surface area contributed by atoms with E-state index in [1.54, 1.807) is 11.9 Å². The van der Waals surface area contributed by atoms with Crippen molar-refractivity contribution in [2.45, 2.75) is 12.4 Å². The highest BCUT2D eigenvalue weighted by atomic mass is 19.4. The number of likely N-dealkylation sites (tertiary alicyclic amines) is 1. The van der Waals surface area contributed by atoms with Crippen LogP contribution in [0.1, 0.15) is 22.3 Å². The number of carbonyl (C=O) groups is 1. The van der Waals surface area contributed by atoms with Gasteiger partial charge in [-0.3, -0.25) is 9.69 Å². The Hall–Kier alpha value is -2.87. The monoisotopic (exact) mass is 425 g/mol. The molecule has 1 saturated heterocycles. The largest absolute Gasteiger partial charge is 0.416 e. The van der Waals surface area contributed by atoms with Crippen molar-refractivity contribution in [3.63, 3.8) is 0 Å². The van der Waals surface area contributed by atoms with E-state index in [0.29, 0.717) is 0 Å². The zero-order valence-corrected chi connectivity index (χ0v) is 15.8. The van der Waals surface area contributed by atoms with E-state index in [1.807, 2.05) is 0 Å². The van der Waals surface area contributed by atoms with Crippen molar-refractivity contribution in [3.8, 4) is 0 Å². The van der Waals surface area contributed by atoms with Crippen molar-refractivity contribution >= 4 is 17.9 Å². The lowest BCUT2D eigenvalue weighted by Crippen LogP contribution is -2.34. The van der Waals surface area contributed by atoms with E-state index in [2.05, 4.69) is 0 Å². The van der Waals surface area contributed by atoms with Crippen LogP contribution in [0, 0.1) is 0 Å². The van der Waals surface area contributed by atoms with Crippen molar-refractivity contribution in [1.82, 2.24) is 4.90 Å². The van der Waals surface area contributed by atoms with Crippen LogP contribution >= 0.6 is 0 Å². The summed E-state index contributed by atoms with van der Waals surface area (Å²) < 4.78 is 79.5. The number of hydrogen-bond donors (Lipinski definition) is 0. The molecule has 2 nitrogen and oxygen atoms in total. The second-order valence-electron chi connectivity index (χ2n) is 7.01. The van der Waals surface area contributed by atoms with Gasteiger partial charge in [0.15, 0.2) is 5.78 Å². The van der Waals surface area contributed by atoms with Gasteiger partial charge < -0.3 is 0 Å². The second kappa shape index (κ2) is 8.10. The standard InChI is InChI=1S/C22H17F6NO/c1-29-12-16(10-14-6-2-4-8-18(14)21(23,24)25)20(30)17(13-29)11-15-7-3-5-9-19(15)22(26,27)28/h2-11H,12-13H2,1H3/b16-10+,17-11+. The number of ketones is 1. The van der Waals surface area contributed by atoms with Crippen LogP contribution in [0.4, 0.5) is 26.3 Å². The van der Waals surface area contributed by atoms with Crippen LogP contribution in [0.5, 0.6) is 0 Å². The molecular formula is C22H17F6NO. The second-order valence-corrected chi connectivity index (χ2v) is 7.01. The van der Waals surface area contributed by atoms with Crippen LogP contribution in [-0.2, 0) is 17.1 Å². The summed E-state index contributed by atoms with van der Waals surface area (Å²) in [4.78, 5) is 14.5. The minimum atomic E-state index is -4.60. The number of piperidine rings is 1. The highest BCUT2D eigenvalue weighted by molar-refractivity contribution is 6.14. The highest BCUT2D eigenvalue weighted by Crippen LogP contribution is 2.35. The van der Waals surface area contributed by atoms with E-state index >= 15 is 0 Å². The number of carbonyl (C=O) groups excluding carboxylic acids is 1. The quantitative estimate of drug-likeness (QED) is 0.454. The number of likely N-dealkylation sites (N-methyl/N-ethyl adjacent to an activating group) is 1. The fourth-order valence-corrected chi connectivity index (χ4v) is 3.35. The first-order chi connectivity index (χ1) is 14.0. The van der Waals surface area contributed by atoms with Crippen molar-refractivity contribution in [2.24, 2.45) is 0 Å². The van der Waals surface area contributed by atoms with Crippen LogP contribution in [0.2, 0.25) is 0 Å². The first-order valence-corrected chi connectivity index (χ1v) is 8.93. The molecule has 0 radical (unpaired) electrons. The third-order valence-electron chi connectivity index (χ3n) is 4.66. The molecule has 0 amide bonds. The van der Waals surface area contributed by atoms with Gasteiger partial charge in [-0.2, -0.15) is 26.3 Å². The summed E-state index contributed by atoms with van der Waals surface area (Å²) in [5.74, 6) is -0.568. The summed E-state index contributed by atoms with van der Waals surface area (Å²) in [6.45, 7) is 0.173. The Kier molecular flexibility index (Phi) is 5.90. The average molecular weight is 425 g/mol. The SMILES string of the molecule is CN1C/C(=C\c2ccccc2C(F)(F)F)C(=O)/C(=C/c2ccccc2C(F)(F)F)C1. The molecule has 1 heterocycles. The molecule has 8 heteroatoms. The molecule has 0 spiro atoms. The maximum Gasteiger partial charge on any atom is 0.416 e. The van der Waals surface area contributed by atoms with Gasteiger partial charge in [0.25, 0.3) is 0 Å². The van der Waals surface area contributed by atoms with Gasteiger partial charge in [-0.1, -0.05) is 36.4 Å². The zero-order valence-electron chi connectivity index (χ0n) is 15.8. The Bertz CT molecular complexity index is 937. The molecule has 1 fully saturated rings. The average Bonchev–Trinajstić information content (AvgIpc) is 2.64. The van der Waals surface area contributed by atoms with Crippen molar-refractivity contribution < 1.29 is 31.1 Å². The van der Waals surface area contributed by atoms with Crippen LogP contribution < -0.4 is 0 Å². The Balaban J connectivity index is 2.04. The number of hydrogen-bond acceptors (Lipinski definition) is 2. The minimum absolute atomic E-state index is 0.0798. The Labute approximate surface area is 169 Å². The zero-order chi connectivity index (χ0) is 22.1. The fraction of sp³-hybridized carbons (Fsp3) is 0.227. The summed E-state index contributed by atoms with van der Waals surface area (Å²) in [7, 11) is 1.64. The summed E-state index contributed by atoms with van der Waals surface area (Å²) >= 11 is 0. The molecule has 0 bridgehead atoms. The van der Waals surface area contributed by atoms with Crippen LogP contribution in [0.3, 0.4) is 0 Å². The number of nitrogens with zero attached hydrogens (tertiary/aromatic N) is 1. The third-order valence-corrected chi connectivity index (χ3v) is 4.66. The predicted molar refractivity (Wildman–Crippen MR) is 101 cm³/mol. The lowest BCUT2D eigenvalue weighted by atomic mass is 9.92. The Morgan fingerprint density at radius 1 is 0.733 bits per heavy atom. The summed E-state index contributed by atoms with van der Waals surface area (Å²) in [5, 5.41) is 0. The molecule has 0 N–H and O–H groups in total. The Morgan fingerprint density at radius 2 is 1.10 bits per heavy atom. The van der Waals surface area contributed by atoms with Gasteiger partial charge in [0.1, 0.15) is 0 Å². The van der Waals surface area contributed by atoms with E-state index in [1.165, 1.54) is 36.4 Å². The molecule has 2 aromatic rings. The normalized spacial score (nSPS) is 19.0.